The molecule has 1 aromatic heterocycles. The van der Waals surface area contributed by atoms with Gasteiger partial charge in [-0.2, -0.15) is 0 Å². The summed E-state index contributed by atoms with van der Waals surface area (Å²) in [6.07, 6.45) is 1.54. The molecule has 0 radical (unpaired) electrons. The molecule has 1 aliphatic heterocycles. The van der Waals surface area contributed by atoms with E-state index in [0.29, 0.717) is 23.7 Å². The molecule has 142 valence electrons. The van der Waals surface area contributed by atoms with E-state index in [1.165, 1.54) is 6.20 Å². The van der Waals surface area contributed by atoms with Crippen molar-refractivity contribution in [1.82, 2.24) is 10.3 Å². The van der Waals surface area contributed by atoms with E-state index in [4.69, 9.17) is 14.2 Å². The zero-order valence-electron chi connectivity index (χ0n) is 15.3. The molecule has 0 spiro atoms. The van der Waals surface area contributed by atoms with E-state index in [1.807, 2.05) is 42.5 Å². The zero-order chi connectivity index (χ0) is 19.3. The average molecular weight is 377 g/mol. The highest BCUT2D eigenvalue weighted by Crippen LogP contribution is 2.32. The Morgan fingerprint density at radius 1 is 1.11 bits per heavy atom. The number of methoxy groups -OCH3 is 1. The molecule has 0 bridgehead atoms. The Labute approximate surface area is 162 Å². The van der Waals surface area contributed by atoms with Gasteiger partial charge in [-0.3, -0.25) is 4.79 Å². The van der Waals surface area contributed by atoms with Gasteiger partial charge in [0.15, 0.2) is 11.5 Å². The summed E-state index contributed by atoms with van der Waals surface area (Å²) >= 11 is 0. The van der Waals surface area contributed by atoms with Crippen molar-refractivity contribution in [3.8, 4) is 17.2 Å². The van der Waals surface area contributed by atoms with Crippen LogP contribution in [0.3, 0.4) is 0 Å². The topological polar surface area (TPSA) is 81.7 Å². The molecule has 0 unspecified atom stereocenters. The van der Waals surface area contributed by atoms with E-state index in [2.05, 4.69) is 15.6 Å². The van der Waals surface area contributed by atoms with Gasteiger partial charge in [0.05, 0.1) is 12.7 Å². The van der Waals surface area contributed by atoms with E-state index in [-0.39, 0.29) is 12.7 Å². The van der Waals surface area contributed by atoms with Crippen LogP contribution in [0.2, 0.25) is 0 Å². The Morgan fingerprint density at radius 3 is 2.82 bits per heavy atom. The number of carbonyl (C=O) groups is 1. The van der Waals surface area contributed by atoms with Crippen LogP contribution in [0.15, 0.2) is 60.8 Å². The maximum absolute atomic E-state index is 12.4. The van der Waals surface area contributed by atoms with Crippen molar-refractivity contribution >= 4 is 17.4 Å². The summed E-state index contributed by atoms with van der Waals surface area (Å²) in [4.78, 5) is 16.7. The van der Waals surface area contributed by atoms with Crippen LogP contribution in [-0.2, 0) is 6.54 Å². The third kappa shape index (κ3) is 3.98. The number of nitrogens with zero attached hydrogens (tertiary/aromatic N) is 1. The lowest BCUT2D eigenvalue weighted by molar-refractivity contribution is 0.0950. The first-order chi connectivity index (χ1) is 13.7. The summed E-state index contributed by atoms with van der Waals surface area (Å²) in [7, 11) is 1.62. The van der Waals surface area contributed by atoms with Crippen molar-refractivity contribution in [3.63, 3.8) is 0 Å². The highest BCUT2D eigenvalue weighted by atomic mass is 16.7. The first-order valence-corrected chi connectivity index (χ1v) is 8.75. The second-order valence-corrected chi connectivity index (χ2v) is 6.16. The fourth-order valence-electron chi connectivity index (χ4n) is 2.79. The Kier molecular flexibility index (Phi) is 4.97. The van der Waals surface area contributed by atoms with Gasteiger partial charge >= 0.3 is 0 Å². The molecule has 0 saturated carbocycles. The summed E-state index contributed by atoms with van der Waals surface area (Å²) < 4.78 is 15.8. The summed E-state index contributed by atoms with van der Waals surface area (Å²) in [6, 6.07) is 16.6. The van der Waals surface area contributed by atoms with Crippen molar-refractivity contribution in [2.75, 3.05) is 19.2 Å². The number of pyridine rings is 1. The number of benzene rings is 2. The van der Waals surface area contributed by atoms with Gasteiger partial charge in [-0.05, 0) is 42.0 Å². The predicted octanol–water partition coefficient (Wildman–Crippen LogP) is 3.49. The quantitative estimate of drug-likeness (QED) is 0.684. The van der Waals surface area contributed by atoms with Gasteiger partial charge in [-0.25, -0.2) is 4.98 Å². The Hall–Kier alpha value is -3.74. The number of rotatable bonds is 6. The summed E-state index contributed by atoms with van der Waals surface area (Å²) in [5.74, 6) is 2.61. The van der Waals surface area contributed by atoms with E-state index >= 15 is 0 Å². The van der Waals surface area contributed by atoms with Crippen molar-refractivity contribution in [2.45, 2.75) is 6.54 Å². The number of hydrogen-bond acceptors (Lipinski definition) is 6. The number of anilines is 2. The van der Waals surface area contributed by atoms with Gasteiger partial charge < -0.3 is 24.8 Å². The van der Waals surface area contributed by atoms with E-state index < -0.39 is 0 Å². The largest absolute Gasteiger partial charge is 0.497 e. The van der Waals surface area contributed by atoms with E-state index in [1.54, 1.807) is 19.2 Å². The fraction of sp³-hybridized carbons (Fsp3) is 0.143. The standard InChI is InChI=1S/C21H19N3O4/c1-26-17-4-2-3-16(10-17)24-20-8-6-15(12-22-20)21(25)23-11-14-5-7-18-19(9-14)28-13-27-18/h2-10,12H,11,13H2,1H3,(H,22,24)(H,23,25). The predicted molar refractivity (Wildman–Crippen MR) is 104 cm³/mol. The number of fused-ring (bicyclic) bond motifs is 1. The lowest BCUT2D eigenvalue weighted by Gasteiger charge is -2.09. The Bertz CT molecular complexity index is 989. The monoisotopic (exact) mass is 377 g/mol. The van der Waals surface area contributed by atoms with Crippen LogP contribution < -0.4 is 24.8 Å². The smallest absolute Gasteiger partial charge is 0.253 e. The van der Waals surface area contributed by atoms with Crippen LogP contribution in [0.25, 0.3) is 0 Å². The third-order valence-electron chi connectivity index (χ3n) is 4.26. The molecule has 2 aromatic carbocycles. The van der Waals surface area contributed by atoms with Crippen LogP contribution >= 0.6 is 0 Å². The summed E-state index contributed by atoms with van der Waals surface area (Å²) in [5, 5.41) is 6.06. The fourth-order valence-corrected chi connectivity index (χ4v) is 2.79. The normalized spacial score (nSPS) is 11.8. The maximum Gasteiger partial charge on any atom is 0.253 e. The molecule has 0 atom stereocenters. The average Bonchev–Trinajstić information content (AvgIpc) is 3.20. The lowest BCUT2D eigenvalue weighted by Crippen LogP contribution is -2.22. The number of hydrogen-bond donors (Lipinski definition) is 2. The third-order valence-corrected chi connectivity index (χ3v) is 4.26. The molecule has 1 amide bonds. The molecule has 7 heteroatoms. The molecule has 0 fully saturated rings. The molecule has 1 aliphatic rings. The molecule has 7 nitrogen and oxygen atoms in total. The van der Waals surface area contributed by atoms with Crippen LogP contribution in [0, 0.1) is 0 Å². The number of carbonyl (C=O) groups excluding carboxylic acids is 1. The van der Waals surface area contributed by atoms with Crippen molar-refractivity contribution in [2.24, 2.45) is 0 Å². The van der Waals surface area contributed by atoms with E-state index in [0.717, 1.165) is 22.7 Å². The van der Waals surface area contributed by atoms with Gasteiger partial charge in [-0.1, -0.05) is 12.1 Å². The molecule has 2 N–H and O–H groups in total. The SMILES string of the molecule is COc1cccc(Nc2ccc(C(=O)NCc3ccc4c(c3)OCO4)cn2)c1. The van der Waals surface area contributed by atoms with Gasteiger partial charge in [0.1, 0.15) is 11.6 Å². The minimum atomic E-state index is -0.196. The molecule has 4 rings (SSSR count). The molecule has 0 saturated heterocycles. The number of amides is 1. The van der Waals surface area contributed by atoms with Gasteiger partial charge in [0.25, 0.3) is 5.91 Å². The minimum Gasteiger partial charge on any atom is -0.497 e. The van der Waals surface area contributed by atoms with E-state index in [9.17, 15) is 4.79 Å². The molecule has 0 aliphatic carbocycles. The molecule has 3 aromatic rings. The van der Waals surface area contributed by atoms with Crippen LogP contribution in [0.1, 0.15) is 15.9 Å². The number of ether oxygens (including phenoxy) is 3. The number of nitrogens with one attached hydrogen (secondary N) is 2. The lowest BCUT2D eigenvalue weighted by atomic mass is 10.2. The first kappa shape index (κ1) is 17.7. The highest BCUT2D eigenvalue weighted by Gasteiger charge is 2.13. The minimum absolute atomic E-state index is 0.196. The van der Waals surface area contributed by atoms with Crippen LogP contribution in [-0.4, -0.2) is 24.8 Å². The highest BCUT2D eigenvalue weighted by molar-refractivity contribution is 5.94. The zero-order valence-corrected chi connectivity index (χ0v) is 15.3. The van der Waals surface area contributed by atoms with Gasteiger partial charge in [0.2, 0.25) is 6.79 Å². The van der Waals surface area contributed by atoms with Crippen molar-refractivity contribution in [1.29, 1.82) is 0 Å². The summed E-state index contributed by atoms with van der Waals surface area (Å²) in [6.45, 7) is 0.617. The maximum atomic E-state index is 12.4. The van der Waals surface area contributed by atoms with Crippen LogP contribution in [0.5, 0.6) is 17.2 Å². The Morgan fingerprint density at radius 2 is 2.00 bits per heavy atom. The second kappa shape index (κ2) is 7.87. The van der Waals surface area contributed by atoms with Crippen molar-refractivity contribution < 1.29 is 19.0 Å². The second-order valence-electron chi connectivity index (χ2n) is 6.16. The molecule has 2 heterocycles. The van der Waals surface area contributed by atoms with Crippen LogP contribution in [0.4, 0.5) is 11.5 Å². The molecular weight excluding hydrogens is 358 g/mol. The van der Waals surface area contributed by atoms with Gasteiger partial charge in [-0.15, -0.1) is 0 Å². The van der Waals surface area contributed by atoms with Gasteiger partial charge in [0, 0.05) is 24.5 Å². The summed E-state index contributed by atoms with van der Waals surface area (Å²) in [5.41, 5.74) is 2.27. The Balaban J connectivity index is 1.36. The molecule has 28 heavy (non-hydrogen) atoms. The van der Waals surface area contributed by atoms with Crippen molar-refractivity contribution in [3.05, 3.63) is 71.9 Å². The number of aromatic nitrogens is 1. The molecular formula is C21H19N3O4. The first-order valence-electron chi connectivity index (χ1n) is 8.75.